The monoisotopic (exact) mass is 370 g/mol. The van der Waals surface area contributed by atoms with Crippen molar-refractivity contribution in [2.45, 2.75) is 6.92 Å². The van der Waals surface area contributed by atoms with Gasteiger partial charge in [0.25, 0.3) is 11.1 Å². The number of aryl methyl sites for hydroxylation is 1. The summed E-state index contributed by atoms with van der Waals surface area (Å²) >= 11 is 0.730. The van der Waals surface area contributed by atoms with Crippen molar-refractivity contribution in [2.24, 2.45) is 0 Å². The maximum Gasteiger partial charge on any atom is 0.294 e. The fourth-order valence-electron chi connectivity index (χ4n) is 2.43. The van der Waals surface area contributed by atoms with Crippen LogP contribution in [0.4, 0.5) is 14.9 Å². The minimum atomic E-state index is -0.566. The number of amides is 3. The van der Waals surface area contributed by atoms with E-state index in [-0.39, 0.29) is 11.4 Å². The SMILES string of the molecule is Cc1ccccc1NC(=O)CN1C(=O)S/C(=C\c2cccc(F)c2)C1=O. The summed E-state index contributed by atoms with van der Waals surface area (Å²) in [4.78, 5) is 37.7. The number of hydrogen-bond donors (Lipinski definition) is 1. The molecule has 0 spiro atoms. The summed E-state index contributed by atoms with van der Waals surface area (Å²) < 4.78 is 13.3. The molecule has 1 N–H and O–H groups in total. The number of para-hydroxylation sites is 1. The van der Waals surface area contributed by atoms with Crippen LogP contribution in [0.1, 0.15) is 11.1 Å². The maximum atomic E-state index is 13.3. The van der Waals surface area contributed by atoms with Gasteiger partial charge in [-0.25, -0.2) is 4.39 Å². The van der Waals surface area contributed by atoms with E-state index in [0.29, 0.717) is 11.3 Å². The summed E-state index contributed by atoms with van der Waals surface area (Å²) in [6, 6.07) is 12.9. The van der Waals surface area contributed by atoms with Crippen LogP contribution in [-0.4, -0.2) is 28.5 Å². The van der Waals surface area contributed by atoms with Gasteiger partial charge in [0.05, 0.1) is 4.91 Å². The Hall–Kier alpha value is -2.93. The van der Waals surface area contributed by atoms with Crippen molar-refractivity contribution in [1.29, 1.82) is 0 Å². The number of anilines is 1. The van der Waals surface area contributed by atoms with E-state index in [1.54, 1.807) is 18.2 Å². The van der Waals surface area contributed by atoms with Crippen molar-refractivity contribution in [1.82, 2.24) is 4.90 Å². The summed E-state index contributed by atoms with van der Waals surface area (Å²) in [6.07, 6.45) is 1.44. The largest absolute Gasteiger partial charge is 0.324 e. The van der Waals surface area contributed by atoms with Gasteiger partial charge in [0.1, 0.15) is 12.4 Å². The van der Waals surface area contributed by atoms with E-state index in [1.807, 2.05) is 19.1 Å². The molecule has 2 aromatic rings. The van der Waals surface area contributed by atoms with E-state index in [4.69, 9.17) is 0 Å². The zero-order valence-corrected chi connectivity index (χ0v) is 14.7. The number of hydrogen-bond acceptors (Lipinski definition) is 4. The van der Waals surface area contributed by atoms with Crippen molar-refractivity contribution in [3.63, 3.8) is 0 Å². The summed E-state index contributed by atoms with van der Waals surface area (Å²) in [5.41, 5.74) is 1.97. The van der Waals surface area contributed by atoms with Crippen LogP contribution < -0.4 is 5.32 Å². The third-order valence-electron chi connectivity index (χ3n) is 3.74. The van der Waals surface area contributed by atoms with Gasteiger partial charge in [-0.1, -0.05) is 30.3 Å². The lowest BCUT2D eigenvalue weighted by atomic mass is 10.2. The summed E-state index contributed by atoms with van der Waals surface area (Å²) in [6.45, 7) is 1.47. The Bertz CT molecular complexity index is 927. The van der Waals surface area contributed by atoms with Crippen LogP contribution in [0, 0.1) is 12.7 Å². The number of thioether (sulfide) groups is 1. The maximum absolute atomic E-state index is 13.3. The lowest BCUT2D eigenvalue weighted by Crippen LogP contribution is -2.36. The second-order valence-electron chi connectivity index (χ2n) is 5.69. The molecular weight excluding hydrogens is 355 g/mol. The molecule has 3 amide bonds. The predicted octanol–water partition coefficient (Wildman–Crippen LogP) is 3.81. The van der Waals surface area contributed by atoms with E-state index in [1.165, 1.54) is 24.3 Å². The van der Waals surface area contributed by atoms with Gasteiger partial charge in [0, 0.05) is 5.69 Å². The molecule has 0 aliphatic carbocycles. The molecule has 0 unspecified atom stereocenters. The third-order valence-corrected chi connectivity index (χ3v) is 4.65. The molecule has 0 aromatic heterocycles. The Kier molecular flexibility index (Phi) is 5.18. The number of benzene rings is 2. The Morgan fingerprint density at radius 1 is 1.19 bits per heavy atom. The van der Waals surface area contributed by atoms with Crippen molar-refractivity contribution < 1.29 is 18.8 Å². The number of nitrogens with one attached hydrogen (secondary N) is 1. The van der Waals surface area contributed by atoms with Gasteiger partial charge in [0.15, 0.2) is 0 Å². The minimum Gasteiger partial charge on any atom is -0.324 e. The number of rotatable bonds is 4. The van der Waals surface area contributed by atoms with Crippen molar-refractivity contribution in [2.75, 3.05) is 11.9 Å². The second kappa shape index (κ2) is 7.53. The zero-order valence-electron chi connectivity index (χ0n) is 13.9. The van der Waals surface area contributed by atoms with E-state index in [2.05, 4.69) is 5.32 Å². The molecule has 7 heteroatoms. The van der Waals surface area contributed by atoms with Crippen LogP contribution in [0.15, 0.2) is 53.4 Å². The summed E-state index contributed by atoms with van der Waals surface area (Å²) in [5.74, 6) is -1.46. The predicted molar refractivity (Wildman–Crippen MR) is 98.9 cm³/mol. The molecule has 5 nitrogen and oxygen atoms in total. The minimum absolute atomic E-state index is 0.157. The molecule has 1 aliphatic heterocycles. The molecule has 0 saturated carbocycles. The summed E-state index contributed by atoms with van der Waals surface area (Å²) in [5, 5.41) is 2.16. The number of halogens is 1. The number of imide groups is 1. The molecular formula is C19H15FN2O3S. The topological polar surface area (TPSA) is 66.5 Å². The lowest BCUT2D eigenvalue weighted by Gasteiger charge is -2.13. The van der Waals surface area contributed by atoms with Gasteiger partial charge in [-0.2, -0.15) is 0 Å². The molecule has 0 atom stereocenters. The first-order valence-corrected chi connectivity index (χ1v) is 8.62. The Balaban J connectivity index is 1.71. The van der Waals surface area contributed by atoms with Crippen LogP contribution in [0.2, 0.25) is 0 Å². The molecule has 132 valence electrons. The highest BCUT2D eigenvalue weighted by molar-refractivity contribution is 8.18. The Labute approximate surface area is 153 Å². The fraction of sp³-hybridized carbons (Fsp3) is 0.105. The molecule has 2 aromatic carbocycles. The van der Waals surface area contributed by atoms with Crippen LogP contribution in [0.3, 0.4) is 0 Å². The average molecular weight is 370 g/mol. The summed E-state index contributed by atoms with van der Waals surface area (Å²) in [7, 11) is 0. The second-order valence-corrected chi connectivity index (χ2v) is 6.68. The number of carbonyl (C=O) groups excluding carboxylic acids is 3. The smallest absolute Gasteiger partial charge is 0.294 e. The quantitative estimate of drug-likeness (QED) is 0.831. The van der Waals surface area contributed by atoms with E-state index >= 15 is 0 Å². The van der Waals surface area contributed by atoms with Gasteiger partial charge >= 0.3 is 0 Å². The first-order valence-electron chi connectivity index (χ1n) is 7.80. The Morgan fingerprint density at radius 2 is 1.96 bits per heavy atom. The highest BCUT2D eigenvalue weighted by Gasteiger charge is 2.36. The van der Waals surface area contributed by atoms with Gasteiger partial charge < -0.3 is 5.32 Å². The number of carbonyl (C=O) groups is 3. The molecule has 1 heterocycles. The van der Waals surface area contributed by atoms with E-state index in [0.717, 1.165) is 22.2 Å². The van der Waals surface area contributed by atoms with Gasteiger partial charge in [-0.15, -0.1) is 0 Å². The standard InChI is InChI=1S/C19H15FN2O3S/c1-12-5-2-3-8-15(12)21-17(23)11-22-18(24)16(26-19(22)25)10-13-6-4-7-14(20)9-13/h2-10H,11H2,1H3,(H,21,23)/b16-10-. The molecule has 0 bridgehead atoms. The van der Waals surface area contributed by atoms with Crippen LogP contribution in [0.5, 0.6) is 0 Å². The average Bonchev–Trinajstić information content (AvgIpc) is 2.84. The Morgan fingerprint density at radius 3 is 2.69 bits per heavy atom. The fourth-order valence-corrected chi connectivity index (χ4v) is 3.27. The van der Waals surface area contributed by atoms with Crippen molar-refractivity contribution in [3.8, 4) is 0 Å². The molecule has 0 radical (unpaired) electrons. The zero-order chi connectivity index (χ0) is 18.7. The molecule has 1 saturated heterocycles. The highest BCUT2D eigenvalue weighted by atomic mass is 32.2. The first kappa shape index (κ1) is 17.9. The molecule has 26 heavy (non-hydrogen) atoms. The lowest BCUT2D eigenvalue weighted by molar-refractivity contribution is -0.127. The van der Waals surface area contributed by atoms with E-state index in [9.17, 15) is 18.8 Å². The van der Waals surface area contributed by atoms with Gasteiger partial charge in [0.2, 0.25) is 5.91 Å². The van der Waals surface area contributed by atoms with Gasteiger partial charge in [-0.05, 0) is 54.1 Å². The van der Waals surface area contributed by atoms with Crippen molar-refractivity contribution in [3.05, 3.63) is 70.4 Å². The van der Waals surface area contributed by atoms with Crippen LogP contribution in [-0.2, 0) is 9.59 Å². The molecule has 3 rings (SSSR count). The number of nitrogens with zero attached hydrogens (tertiary/aromatic N) is 1. The normalized spacial score (nSPS) is 15.6. The third kappa shape index (κ3) is 4.00. The van der Waals surface area contributed by atoms with E-state index < -0.39 is 22.9 Å². The molecule has 1 fully saturated rings. The van der Waals surface area contributed by atoms with Gasteiger partial charge in [-0.3, -0.25) is 19.3 Å². The highest BCUT2D eigenvalue weighted by Crippen LogP contribution is 2.32. The molecule has 1 aliphatic rings. The first-order chi connectivity index (χ1) is 12.4. The van der Waals surface area contributed by atoms with Crippen LogP contribution >= 0.6 is 11.8 Å². The van der Waals surface area contributed by atoms with Crippen LogP contribution in [0.25, 0.3) is 6.08 Å². The van der Waals surface area contributed by atoms with Crippen molar-refractivity contribution >= 4 is 40.6 Å².